The number of nitrogens with one attached hydrogen (secondary N) is 1. The molecule has 36 heavy (non-hydrogen) atoms. The first-order valence-electron chi connectivity index (χ1n) is 12.0. The van der Waals surface area contributed by atoms with Crippen LogP contribution in [0.25, 0.3) is 11.3 Å². The summed E-state index contributed by atoms with van der Waals surface area (Å²) in [6, 6.07) is 7.56. The van der Waals surface area contributed by atoms with Crippen LogP contribution >= 0.6 is 0 Å². The summed E-state index contributed by atoms with van der Waals surface area (Å²) >= 11 is 0. The van der Waals surface area contributed by atoms with Crippen LogP contribution in [0.5, 0.6) is 0 Å². The molecule has 0 spiro atoms. The van der Waals surface area contributed by atoms with Crippen molar-refractivity contribution in [3.05, 3.63) is 47.8 Å². The molecule has 2 aliphatic heterocycles. The lowest BCUT2D eigenvalue weighted by atomic mass is 10.1. The molecule has 2 aromatic heterocycles. The molecular weight excluding hydrogens is 458 g/mol. The van der Waals surface area contributed by atoms with E-state index in [0.717, 1.165) is 34.7 Å². The number of hydrogen-bond acceptors (Lipinski definition) is 10. The normalized spacial score (nSPS) is 15.6. The van der Waals surface area contributed by atoms with E-state index in [1.807, 2.05) is 32.0 Å². The number of rotatable bonds is 6. The van der Waals surface area contributed by atoms with E-state index in [1.165, 1.54) is 0 Å². The van der Waals surface area contributed by atoms with Crippen molar-refractivity contribution in [2.75, 3.05) is 54.9 Å². The molecular formula is C25H31N9O2. The fourth-order valence-corrected chi connectivity index (χ4v) is 4.32. The van der Waals surface area contributed by atoms with Gasteiger partial charge in [-0.05, 0) is 38.5 Å². The Balaban J connectivity index is 1.52. The third kappa shape index (κ3) is 5.07. The summed E-state index contributed by atoms with van der Waals surface area (Å²) in [4.78, 5) is 35.3. The van der Waals surface area contributed by atoms with E-state index < -0.39 is 5.54 Å². The van der Waals surface area contributed by atoms with Crippen LogP contribution in [0.15, 0.2) is 36.7 Å². The molecule has 11 heteroatoms. The summed E-state index contributed by atoms with van der Waals surface area (Å²) in [5.41, 5.74) is 15.3. The van der Waals surface area contributed by atoms with E-state index in [9.17, 15) is 4.79 Å². The molecule has 0 bridgehead atoms. The second-order valence-electron chi connectivity index (χ2n) is 9.73. The average Bonchev–Trinajstić information content (AvgIpc) is 3.31. The summed E-state index contributed by atoms with van der Waals surface area (Å²) < 4.78 is 5.52. The van der Waals surface area contributed by atoms with Crippen LogP contribution in [0.3, 0.4) is 0 Å². The molecule has 0 atom stereocenters. The molecule has 5 N–H and O–H groups in total. The molecule has 1 aromatic carbocycles. The molecule has 1 fully saturated rings. The van der Waals surface area contributed by atoms with Gasteiger partial charge in [0.05, 0.1) is 18.9 Å². The Kier molecular flexibility index (Phi) is 6.42. The number of nitrogens with two attached hydrogens (primary N) is 2. The molecule has 0 saturated carbocycles. The van der Waals surface area contributed by atoms with Crippen LogP contribution in [-0.4, -0.2) is 70.8 Å². The third-order valence-electron chi connectivity index (χ3n) is 6.18. The number of carbonyl (C=O) groups excluding carboxylic acids is 1. The summed E-state index contributed by atoms with van der Waals surface area (Å²) in [5, 5.41) is 2.91. The van der Waals surface area contributed by atoms with Gasteiger partial charge in [-0.15, -0.1) is 0 Å². The largest absolute Gasteiger partial charge is 0.378 e. The minimum absolute atomic E-state index is 0.161. The van der Waals surface area contributed by atoms with Crippen molar-refractivity contribution < 1.29 is 9.53 Å². The maximum Gasteiger partial charge on any atom is 0.251 e. The van der Waals surface area contributed by atoms with Gasteiger partial charge in [0.1, 0.15) is 5.82 Å². The predicted molar refractivity (Wildman–Crippen MR) is 138 cm³/mol. The lowest BCUT2D eigenvalue weighted by molar-refractivity contribution is 0.0946. The maximum absolute atomic E-state index is 12.8. The molecule has 0 radical (unpaired) electrons. The first kappa shape index (κ1) is 23.9. The maximum atomic E-state index is 12.8. The lowest BCUT2D eigenvalue weighted by Gasteiger charge is -2.28. The lowest BCUT2D eigenvalue weighted by Crippen LogP contribution is -2.45. The highest BCUT2D eigenvalue weighted by Crippen LogP contribution is 2.39. The number of benzene rings is 1. The standard InChI is InChI=1S/C25H31N9O2/c1-25(2,27)15-30-22(35)16-4-3-5-18(12-16)34-7-6-19-20(17-13-28-23(26)29-14-17)31-24(32-21(19)34)33-8-10-36-11-9-33/h3-5,12-14H,6-11,15,27H2,1-2H3,(H,30,35)(H2,26,28,29). The second kappa shape index (κ2) is 9.67. The molecule has 188 valence electrons. The van der Waals surface area contributed by atoms with Gasteiger partial charge in [-0.1, -0.05) is 6.07 Å². The van der Waals surface area contributed by atoms with Gasteiger partial charge in [-0.25, -0.2) is 15.0 Å². The van der Waals surface area contributed by atoms with Crippen molar-refractivity contribution in [3.63, 3.8) is 0 Å². The van der Waals surface area contributed by atoms with E-state index in [0.29, 0.717) is 50.9 Å². The van der Waals surface area contributed by atoms with E-state index in [1.54, 1.807) is 18.5 Å². The Bertz CT molecular complexity index is 1250. The molecule has 2 aliphatic rings. The Morgan fingerprint density at radius 1 is 1.14 bits per heavy atom. The van der Waals surface area contributed by atoms with Crippen LogP contribution in [0.4, 0.5) is 23.4 Å². The SMILES string of the molecule is CC(C)(N)CNC(=O)c1cccc(N2CCc3c(-c4cnc(N)nc4)nc(N4CCOCC4)nc32)c1. The van der Waals surface area contributed by atoms with E-state index in [-0.39, 0.29) is 11.9 Å². The van der Waals surface area contributed by atoms with Gasteiger partial charge >= 0.3 is 0 Å². The van der Waals surface area contributed by atoms with Crippen LogP contribution < -0.4 is 26.6 Å². The van der Waals surface area contributed by atoms with Gasteiger partial charge in [0.2, 0.25) is 11.9 Å². The van der Waals surface area contributed by atoms with Crippen molar-refractivity contribution in [2.24, 2.45) is 5.73 Å². The van der Waals surface area contributed by atoms with Gasteiger partial charge in [0, 0.05) is 66.5 Å². The summed E-state index contributed by atoms with van der Waals surface area (Å²) in [6.45, 7) is 7.52. The van der Waals surface area contributed by atoms with Crippen molar-refractivity contribution in [2.45, 2.75) is 25.8 Å². The number of carbonyl (C=O) groups is 1. The number of fused-ring (bicyclic) bond motifs is 1. The van der Waals surface area contributed by atoms with Crippen molar-refractivity contribution in [1.82, 2.24) is 25.3 Å². The summed E-state index contributed by atoms with van der Waals surface area (Å²) in [5.74, 6) is 1.51. The highest BCUT2D eigenvalue weighted by atomic mass is 16.5. The first-order valence-corrected chi connectivity index (χ1v) is 12.0. The minimum atomic E-state index is -0.490. The fourth-order valence-electron chi connectivity index (χ4n) is 4.32. The Hall–Kier alpha value is -3.83. The van der Waals surface area contributed by atoms with Crippen molar-refractivity contribution in [3.8, 4) is 11.3 Å². The zero-order chi connectivity index (χ0) is 25.3. The average molecular weight is 490 g/mol. The van der Waals surface area contributed by atoms with Crippen LogP contribution in [0, 0.1) is 0 Å². The molecule has 4 heterocycles. The van der Waals surface area contributed by atoms with Crippen LogP contribution in [-0.2, 0) is 11.2 Å². The van der Waals surface area contributed by atoms with Crippen LogP contribution in [0.1, 0.15) is 29.8 Å². The molecule has 3 aromatic rings. The Labute approximate surface area is 209 Å². The molecule has 0 aliphatic carbocycles. The highest BCUT2D eigenvalue weighted by molar-refractivity contribution is 5.95. The number of nitrogens with zero attached hydrogens (tertiary/aromatic N) is 6. The van der Waals surface area contributed by atoms with Gasteiger partial charge < -0.3 is 31.3 Å². The van der Waals surface area contributed by atoms with Gasteiger partial charge in [-0.3, -0.25) is 4.79 Å². The van der Waals surface area contributed by atoms with Gasteiger partial charge in [0.25, 0.3) is 5.91 Å². The Morgan fingerprint density at radius 3 is 2.61 bits per heavy atom. The molecule has 5 rings (SSSR count). The number of nitrogen functional groups attached to an aromatic ring is 1. The summed E-state index contributed by atoms with van der Waals surface area (Å²) in [7, 11) is 0. The topological polar surface area (TPSA) is 148 Å². The number of anilines is 4. The van der Waals surface area contributed by atoms with Crippen molar-refractivity contribution >= 4 is 29.3 Å². The number of amides is 1. The zero-order valence-corrected chi connectivity index (χ0v) is 20.6. The summed E-state index contributed by atoms with van der Waals surface area (Å²) in [6.07, 6.45) is 4.14. The third-order valence-corrected chi connectivity index (χ3v) is 6.18. The first-order chi connectivity index (χ1) is 17.3. The molecule has 1 saturated heterocycles. The fraction of sp³-hybridized carbons (Fsp3) is 0.400. The highest BCUT2D eigenvalue weighted by Gasteiger charge is 2.29. The number of hydrogen-bond donors (Lipinski definition) is 3. The minimum Gasteiger partial charge on any atom is -0.378 e. The van der Waals surface area contributed by atoms with Crippen LogP contribution in [0.2, 0.25) is 0 Å². The quantitative estimate of drug-likeness (QED) is 0.465. The monoisotopic (exact) mass is 489 g/mol. The van der Waals surface area contributed by atoms with Gasteiger partial charge in [-0.2, -0.15) is 4.98 Å². The number of morpholine rings is 1. The molecule has 1 amide bonds. The predicted octanol–water partition coefficient (Wildman–Crippen LogP) is 1.51. The Morgan fingerprint density at radius 2 is 1.89 bits per heavy atom. The number of aromatic nitrogens is 4. The number of ether oxygens (including phenoxy) is 1. The smallest absolute Gasteiger partial charge is 0.251 e. The van der Waals surface area contributed by atoms with E-state index in [2.05, 4.69) is 25.1 Å². The van der Waals surface area contributed by atoms with E-state index in [4.69, 9.17) is 26.2 Å². The molecule has 0 unspecified atom stereocenters. The van der Waals surface area contributed by atoms with E-state index >= 15 is 0 Å². The van der Waals surface area contributed by atoms with Crippen molar-refractivity contribution in [1.29, 1.82) is 0 Å². The second-order valence-corrected chi connectivity index (χ2v) is 9.73. The molecule has 11 nitrogen and oxygen atoms in total. The van der Waals surface area contributed by atoms with Gasteiger partial charge in [0.15, 0.2) is 0 Å². The zero-order valence-electron chi connectivity index (χ0n) is 20.6.